The number of aryl methyl sites for hydroxylation is 1. The number of hydrogen-bond donors (Lipinski definition) is 2. The summed E-state index contributed by atoms with van der Waals surface area (Å²) in [5.74, 6) is 1.56. The van der Waals surface area contributed by atoms with Gasteiger partial charge in [-0.2, -0.15) is 4.98 Å². The molecule has 2 N–H and O–H groups in total. The third kappa shape index (κ3) is 4.19. The lowest BCUT2D eigenvalue weighted by Crippen LogP contribution is -2.23. The first kappa shape index (κ1) is 15.3. The summed E-state index contributed by atoms with van der Waals surface area (Å²) in [6.07, 6.45) is 6.45. The summed E-state index contributed by atoms with van der Waals surface area (Å²) in [5, 5.41) is 6.82. The Labute approximate surface area is 139 Å². The Morgan fingerprint density at radius 3 is 2.50 bits per heavy atom. The fourth-order valence-electron chi connectivity index (χ4n) is 2.82. The van der Waals surface area contributed by atoms with Crippen molar-refractivity contribution in [2.24, 2.45) is 0 Å². The normalized spacial score (nSPS) is 15.5. The van der Waals surface area contributed by atoms with Gasteiger partial charge in [-0.1, -0.05) is 35.2 Å². The van der Waals surface area contributed by atoms with Crippen LogP contribution in [0.3, 0.4) is 0 Å². The van der Waals surface area contributed by atoms with Crippen LogP contribution in [-0.4, -0.2) is 16.0 Å². The summed E-state index contributed by atoms with van der Waals surface area (Å²) in [4.78, 5) is 9.07. The van der Waals surface area contributed by atoms with Gasteiger partial charge in [0.15, 0.2) is 0 Å². The van der Waals surface area contributed by atoms with Gasteiger partial charge in [0.05, 0.1) is 0 Å². The highest BCUT2D eigenvalue weighted by Gasteiger charge is 2.14. The third-order valence-corrected chi connectivity index (χ3v) is 4.44. The van der Waals surface area contributed by atoms with Crippen LogP contribution in [0.2, 0.25) is 0 Å². The predicted molar refractivity (Wildman–Crippen MR) is 94.7 cm³/mol. The number of rotatable bonds is 4. The van der Waals surface area contributed by atoms with Crippen LogP contribution in [0, 0.1) is 6.92 Å². The van der Waals surface area contributed by atoms with E-state index in [0.29, 0.717) is 12.0 Å². The molecule has 4 nitrogen and oxygen atoms in total. The quantitative estimate of drug-likeness (QED) is 0.801. The highest BCUT2D eigenvalue weighted by atomic mass is 79.9. The summed E-state index contributed by atoms with van der Waals surface area (Å²) in [5.41, 5.74) is 1.95. The van der Waals surface area contributed by atoms with Crippen molar-refractivity contribution in [1.29, 1.82) is 0 Å². The van der Waals surface area contributed by atoms with Gasteiger partial charge in [0.1, 0.15) is 5.82 Å². The summed E-state index contributed by atoms with van der Waals surface area (Å²) in [6, 6.07) is 10.6. The van der Waals surface area contributed by atoms with Crippen molar-refractivity contribution in [1.82, 2.24) is 9.97 Å². The van der Waals surface area contributed by atoms with E-state index in [4.69, 9.17) is 0 Å². The lowest BCUT2D eigenvalue weighted by atomic mass is 9.95. The Morgan fingerprint density at radius 1 is 1.05 bits per heavy atom. The Morgan fingerprint density at radius 2 is 1.77 bits per heavy atom. The van der Waals surface area contributed by atoms with Crippen LogP contribution < -0.4 is 10.6 Å². The number of nitrogens with zero attached hydrogens (tertiary/aromatic N) is 2. The second-order valence-electron chi connectivity index (χ2n) is 5.83. The van der Waals surface area contributed by atoms with Crippen molar-refractivity contribution in [2.45, 2.75) is 45.1 Å². The lowest BCUT2D eigenvalue weighted by molar-refractivity contribution is 0.462. The Bertz CT molecular complexity index is 621. The van der Waals surface area contributed by atoms with E-state index in [1.54, 1.807) is 0 Å². The molecule has 0 amide bonds. The molecular weight excluding hydrogens is 340 g/mol. The average Bonchev–Trinajstić information content (AvgIpc) is 2.50. The van der Waals surface area contributed by atoms with Gasteiger partial charge in [0, 0.05) is 28.0 Å². The highest BCUT2D eigenvalue weighted by Crippen LogP contribution is 2.22. The number of benzene rings is 1. The number of halogens is 1. The minimum Gasteiger partial charge on any atom is -0.367 e. The predicted octanol–water partition coefficient (Wildman–Crippen LogP) is 5.04. The first-order chi connectivity index (χ1) is 10.7. The van der Waals surface area contributed by atoms with E-state index < -0.39 is 0 Å². The minimum absolute atomic E-state index is 0.545. The highest BCUT2D eigenvalue weighted by molar-refractivity contribution is 9.10. The second-order valence-corrected chi connectivity index (χ2v) is 6.75. The molecule has 0 saturated heterocycles. The van der Waals surface area contributed by atoms with Crippen molar-refractivity contribution >= 4 is 33.4 Å². The molecule has 0 radical (unpaired) electrons. The summed E-state index contributed by atoms with van der Waals surface area (Å²) in [7, 11) is 0. The molecule has 3 rings (SSSR count). The van der Waals surface area contributed by atoms with Crippen molar-refractivity contribution in [3.63, 3.8) is 0 Å². The van der Waals surface area contributed by atoms with Crippen LogP contribution in [0.15, 0.2) is 34.8 Å². The van der Waals surface area contributed by atoms with E-state index in [9.17, 15) is 0 Å². The van der Waals surface area contributed by atoms with Gasteiger partial charge in [-0.3, -0.25) is 0 Å². The average molecular weight is 361 g/mol. The van der Waals surface area contributed by atoms with E-state index >= 15 is 0 Å². The fourth-order valence-corrected chi connectivity index (χ4v) is 3.08. The Balaban J connectivity index is 1.72. The molecule has 0 aliphatic heterocycles. The summed E-state index contributed by atoms with van der Waals surface area (Å²) >= 11 is 3.44. The van der Waals surface area contributed by atoms with Crippen LogP contribution in [-0.2, 0) is 0 Å². The molecular formula is C17H21BrN4. The zero-order valence-electron chi connectivity index (χ0n) is 12.8. The molecule has 0 bridgehead atoms. The van der Waals surface area contributed by atoms with Gasteiger partial charge in [0.2, 0.25) is 5.95 Å². The van der Waals surface area contributed by atoms with E-state index in [1.165, 1.54) is 32.1 Å². The summed E-state index contributed by atoms with van der Waals surface area (Å²) in [6.45, 7) is 2.00. The summed E-state index contributed by atoms with van der Waals surface area (Å²) < 4.78 is 1.06. The van der Waals surface area contributed by atoms with Crippen LogP contribution in [0.4, 0.5) is 17.5 Å². The number of aromatic nitrogens is 2. The molecule has 1 heterocycles. The monoisotopic (exact) mass is 360 g/mol. The first-order valence-corrected chi connectivity index (χ1v) is 8.63. The van der Waals surface area contributed by atoms with Gasteiger partial charge >= 0.3 is 0 Å². The van der Waals surface area contributed by atoms with Crippen LogP contribution in [0.5, 0.6) is 0 Å². The number of nitrogens with one attached hydrogen (secondary N) is 2. The standard InChI is InChI=1S/C17H21BrN4/c1-12-11-16(20-14-5-3-2-4-6-14)22-17(19-12)21-15-9-7-13(18)8-10-15/h7-11,14H,2-6H2,1H3,(H2,19,20,21,22). The zero-order valence-corrected chi connectivity index (χ0v) is 14.4. The number of hydrogen-bond acceptors (Lipinski definition) is 4. The first-order valence-electron chi connectivity index (χ1n) is 7.84. The SMILES string of the molecule is Cc1cc(NC2CCCCC2)nc(Nc2ccc(Br)cc2)n1. The zero-order chi connectivity index (χ0) is 15.4. The van der Waals surface area contributed by atoms with Crippen LogP contribution in [0.25, 0.3) is 0 Å². The van der Waals surface area contributed by atoms with Gasteiger partial charge in [-0.15, -0.1) is 0 Å². The molecule has 1 aliphatic rings. The number of anilines is 3. The maximum atomic E-state index is 4.60. The lowest BCUT2D eigenvalue weighted by Gasteiger charge is -2.23. The molecule has 1 saturated carbocycles. The maximum Gasteiger partial charge on any atom is 0.229 e. The van der Waals surface area contributed by atoms with Crippen LogP contribution in [0.1, 0.15) is 37.8 Å². The van der Waals surface area contributed by atoms with E-state index in [0.717, 1.165) is 21.7 Å². The molecule has 0 atom stereocenters. The van der Waals surface area contributed by atoms with E-state index in [-0.39, 0.29) is 0 Å². The van der Waals surface area contributed by atoms with Gasteiger partial charge in [0.25, 0.3) is 0 Å². The molecule has 5 heteroatoms. The molecule has 2 aromatic rings. The van der Waals surface area contributed by atoms with Crippen molar-refractivity contribution in [3.8, 4) is 0 Å². The van der Waals surface area contributed by atoms with Gasteiger partial charge < -0.3 is 10.6 Å². The van der Waals surface area contributed by atoms with Gasteiger partial charge in [-0.25, -0.2) is 4.98 Å². The molecule has 1 aliphatic carbocycles. The van der Waals surface area contributed by atoms with E-state index in [1.807, 2.05) is 37.3 Å². The van der Waals surface area contributed by atoms with Crippen molar-refractivity contribution in [3.05, 3.63) is 40.5 Å². The molecule has 1 aromatic carbocycles. The smallest absolute Gasteiger partial charge is 0.229 e. The maximum absolute atomic E-state index is 4.60. The largest absolute Gasteiger partial charge is 0.367 e. The minimum atomic E-state index is 0.545. The van der Waals surface area contributed by atoms with Gasteiger partial charge in [-0.05, 0) is 44.0 Å². The topological polar surface area (TPSA) is 49.8 Å². The Kier molecular flexibility index (Phi) is 4.93. The van der Waals surface area contributed by atoms with Crippen molar-refractivity contribution in [2.75, 3.05) is 10.6 Å². The van der Waals surface area contributed by atoms with Crippen LogP contribution >= 0.6 is 15.9 Å². The molecule has 116 valence electrons. The molecule has 1 fully saturated rings. The second kappa shape index (κ2) is 7.09. The van der Waals surface area contributed by atoms with Crippen molar-refractivity contribution < 1.29 is 0 Å². The molecule has 22 heavy (non-hydrogen) atoms. The molecule has 0 unspecified atom stereocenters. The molecule has 0 spiro atoms. The van der Waals surface area contributed by atoms with E-state index in [2.05, 4.69) is 36.5 Å². The Hall–Kier alpha value is -1.62. The third-order valence-electron chi connectivity index (χ3n) is 3.91. The molecule has 1 aromatic heterocycles. The fraction of sp³-hybridized carbons (Fsp3) is 0.412.